The molecule has 4 rings (SSSR count). The molecule has 0 spiro atoms. The van der Waals surface area contributed by atoms with Crippen LogP contribution in [0.4, 0.5) is 11.6 Å². The molecule has 0 atom stereocenters. The number of ether oxygens (including phenoxy) is 2. The highest BCUT2D eigenvalue weighted by Crippen LogP contribution is 2.32. The lowest BCUT2D eigenvalue weighted by Crippen LogP contribution is -2.13. The zero-order valence-corrected chi connectivity index (χ0v) is 15.7. The number of fused-ring (bicyclic) bond motifs is 1. The number of rotatable bonds is 5. The number of nitrogens with zero attached hydrogens (tertiary/aromatic N) is 2. The van der Waals surface area contributed by atoms with Crippen LogP contribution < -0.4 is 20.1 Å². The molecule has 1 aliphatic heterocycles. The van der Waals surface area contributed by atoms with Crippen LogP contribution in [-0.2, 0) is 6.54 Å². The Bertz CT molecular complexity index is 1020. The fourth-order valence-corrected chi connectivity index (χ4v) is 2.79. The van der Waals surface area contributed by atoms with Gasteiger partial charge in [-0.15, -0.1) is 0 Å². The molecule has 142 valence electrons. The maximum atomic E-state index is 12.4. The second-order valence-corrected chi connectivity index (χ2v) is 6.59. The number of carbonyl (C=O) groups excluding carboxylic acids is 1. The summed E-state index contributed by atoms with van der Waals surface area (Å²) < 4.78 is 10.7. The van der Waals surface area contributed by atoms with E-state index < -0.39 is 0 Å². The number of aryl methyl sites for hydroxylation is 2. The number of benzene rings is 2. The van der Waals surface area contributed by atoms with Crippen molar-refractivity contribution >= 4 is 17.5 Å². The molecule has 28 heavy (non-hydrogen) atoms. The molecule has 7 nitrogen and oxygen atoms in total. The molecule has 2 N–H and O–H groups in total. The summed E-state index contributed by atoms with van der Waals surface area (Å²) in [7, 11) is 0. The first-order valence-corrected chi connectivity index (χ1v) is 8.91. The number of anilines is 2. The lowest BCUT2D eigenvalue weighted by molar-refractivity contribution is 0.102. The van der Waals surface area contributed by atoms with E-state index in [9.17, 15) is 4.79 Å². The summed E-state index contributed by atoms with van der Waals surface area (Å²) in [5.41, 5.74) is 4.46. The van der Waals surface area contributed by atoms with Gasteiger partial charge in [0.05, 0.1) is 5.56 Å². The molecule has 0 radical (unpaired) electrons. The number of carbonyl (C=O) groups is 1. The molecule has 0 fully saturated rings. The van der Waals surface area contributed by atoms with Crippen molar-refractivity contribution in [1.29, 1.82) is 0 Å². The number of amides is 1. The average molecular weight is 376 g/mol. The first-order valence-electron chi connectivity index (χ1n) is 8.91. The number of nitrogens with one attached hydrogen (secondary N) is 2. The molecular weight excluding hydrogens is 356 g/mol. The van der Waals surface area contributed by atoms with Gasteiger partial charge in [-0.3, -0.25) is 4.79 Å². The molecule has 0 bridgehead atoms. The van der Waals surface area contributed by atoms with Gasteiger partial charge in [0.25, 0.3) is 5.91 Å². The van der Waals surface area contributed by atoms with Gasteiger partial charge in [0.2, 0.25) is 12.7 Å². The first-order chi connectivity index (χ1) is 13.6. The third-order valence-corrected chi connectivity index (χ3v) is 4.57. The summed E-state index contributed by atoms with van der Waals surface area (Å²) >= 11 is 0. The van der Waals surface area contributed by atoms with Crippen LogP contribution in [-0.4, -0.2) is 22.7 Å². The van der Waals surface area contributed by atoms with Gasteiger partial charge in [0, 0.05) is 24.6 Å². The third-order valence-electron chi connectivity index (χ3n) is 4.57. The van der Waals surface area contributed by atoms with Crippen molar-refractivity contribution in [2.45, 2.75) is 20.4 Å². The van der Waals surface area contributed by atoms with Crippen molar-refractivity contribution in [3.05, 3.63) is 71.0 Å². The smallest absolute Gasteiger partial charge is 0.258 e. The maximum Gasteiger partial charge on any atom is 0.258 e. The van der Waals surface area contributed by atoms with Gasteiger partial charge >= 0.3 is 0 Å². The van der Waals surface area contributed by atoms with Crippen LogP contribution in [0.1, 0.15) is 27.0 Å². The Morgan fingerprint density at radius 3 is 2.57 bits per heavy atom. The van der Waals surface area contributed by atoms with Crippen molar-refractivity contribution in [2.75, 3.05) is 17.4 Å². The van der Waals surface area contributed by atoms with Crippen LogP contribution in [0.3, 0.4) is 0 Å². The first kappa shape index (κ1) is 17.8. The zero-order valence-electron chi connectivity index (χ0n) is 15.7. The van der Waals surface area contributed by atoms with Crippen molar-refractivity contribution in [3.8, 4) is 11.5 Å². The third kappa shape index (κ3) is 3.88. The second-order valence-electron chi connectivity index (χ2n) is 6.59. The quantitative estimate of drug-likeness (QED) is 0.706. The van der Waals surface area contributed by atoms with Gasteiger partial charge in [-0.2, -0.15) is 0 Å². The summed E-state index contributed by atoms with van der Waals surface area (Å²) in [4.78, 5) is 20.8. The van der Waals surface area contributed by atoms with E-state index in [4.69, 9.17) is 9.47 Å². The molecule has 1 aromatic heterocycles. The lowest BCUT2D eigenvalue weighted by Gasteiger charge is -2.08. The van der Waals surface area contributed by atoms with E-state index in [1.54, 1.807) is 0 Å². The van der Waals surface area contributed by atoms with E-state index >= 15 is 0 Å². The molecule has 2 heterocycles. The number of hydrogen-bond acceptors (Lipinski definition) is 6. The minimum absolute atomic E-state index is 0.245. The minimum atomic E-state index is -0.245. The summed E-state index contributed by atoms with van der Waals surface area (Å²) in [5.74, 6) is 1.68. The molecule has 3 aromatic rings. The van der Waals surface area contributed by atoms with Crippen molar-refractivity contribution in [3.63, 3.8) is 0 Å². The molecular formula is C21H20N4O3. The minimum Gasteiger partial charge on any atom is -0.454 e. The predicted molar refractivity (Wildman–Crippen MR) is 106 cm³/mol. The summed E-state index contributed by atoms with van der Waals surface area (Å²) in [6.45, 7) is 4.82. The average Bonchev–Trinajstić information content (AvgIpc) is 3.17. The molecule has 0 unspecified atom stereocenters. The number of hydrogen-bond donors (Lipinski definition) is 2. The maximum absolute atomic E-state index is 12.4. The Labute approximate surface area is 162 Å². The van der Waals surface area contributed by atoms with Crippen LogP contribution in [0.25, 0.3) is 0 Å². The largest absolute Gasteiger partial charge is 0.454 e. The molecule has 0 saturated heterocycles. The van der Waals surface area contributed by atoms with Crippen LogP contribution >= 0.6 is 0 Å². The SMILES string of the molecule is Cc1ccc(NC(=O)c2cnc(NCc3ccc4c(c3)OCO4)nc2)cc1C. The molecule has 0 aliphatic carbocycles. The van der Waals surface area contributed by atoms with Crippen molar-refractivity contribution in [1.82, 2.24) is 9.97 Å². The van der Waals surface area contributed by atoms with Gasteiger partial charge in [0.1, 0.15) is 0 Å². The van der Waals surface area contributed by atoms with E-state index in [0.717, 1.165) is 28.3 Å². The monoisotopic (exact) mass is 376 g/mol. The summed E-state index contributed by atoms with van der Waals surface area (Å²) in [6, 6.07) is 11.5. The second kappa shape index (κ2) is 7.56. The van der Waals surface area contributed by atoms with Gasteiger partial charge in [-0.05, 0) is 54.8 Å². The van der Waals surface area contributed by atoms with Crippen LogP contribution in [0.5, 0.6) is 11.5 Å². The fourth-order valence-electron chi connectivity index (χ4n) is 2.79. The van der Waals surface area contributed by atoms with E-state index in [1.165, 1.54) is 18.0 Å². The number of aromatic nitrogens is 2. The van der Waals surface area contributed by atoms with E-state index in [-0.39, 0.29) is 12.7 Å². The Morgan fingerprint density at radius 2 is 1.79 bits per heavy atom. The van der Waals surface area contributed by atoms with Crippen LogP contribution in [0.15, 0.2) is 48.8 Å². The van der Waals surface area contributed by atoms with Crippen molar-refractivity contribution < 1.29 is 14.3 Å². The zero-order chi connectivity index (χ0) is 19.5. The van der Waals surface area contributed by atoms with Gasteiger partial charge in [0.15, 0.2) is 11.5 Å². The predicted octanol–water partition coefficient (Wildman–Crippen LogP) is 3.69. The highest BCUT2D eigenvalue weighted by atomic mass is 16.7. The lowest BCUT2D eigenvalue weighted by atomic mass is 10.1. The fraction of sp³-hybridized carbons (Fsp3) is 0.190. The Hall–Kier alpha value is -3.61. The Balaban J connectivity index is 1.36. The molecule has 2 aromatic carbocycles. The molecule has 0 saturated carbocycles. The van der Waals surface area contributed by atoms with E-state index in [0.29, 0.717) is 18.1 Å². The van der Waals surface area contributed by atoms with E-state index in [1.807, 2.05) is 50.2 Å². The standard InChI is InChI=1S/C21H20N4O3/c1-13-3-5-17(7-14(13)2)25-20(26)16-10-23-21(24-11-16)22-9-15-4-6-18-19(8-15)28-12-27-18/h3-8,10-11H,9,12H2,1-2H3,(H,25,26)(H,22,23,24). The highest BCUT2D eigenvalue weighted by Gasteiger charge is 2.13. The molecule has 1 aliphatic rings. The summed E-state index contributed by atoms with van der Waals surface area (Å²) in [6.07, 6.45) is 3.01. The highest BCUT2D eigenvalue weighted by molar-refractivity contribution is 6.03. The topological polar surface area (TPSA) is 85.4 Å². The van der Waals surface area contributed by atoms with Crippen molar-refractivity contribution in [2.24, 2.45) is 0 Å². The van der Waals surface area contributed by atoms with Gasteiger partial charge < -0.3 is 20.1 Å². The van der Waals surface area contributed by atoms with E-state index in [2.05, 4.69) is 20.6 Å². The van der Waals surface area contributed by atoms with Crippen LogP contribution in [0, 0.1) is 13.8 Å². The Morgan fingerprint density at radius 1 is 1.00 bits per heavy atom. The van der Waals surface area contributed by atoms with Gasteiger partial charge in [-0.25, -0.2) is 9.97 Å². The Kier molecular flexibility index (Phi) is 4.80. The summed E-state index contributed by atoms with van der Waals surface area (Å²) in [5, 5.41) is 5.99. The molecule has 7 heteroatoms. The molecule has 1 amide bonds. The van der Waals surface area contributed by atoms with Gasteiger partial charge in [-0.1, -0.05) is 12.1 Å². The normalized spacial score (nSPS) is 11.9. The van der Waals surface area contributed by atoms with Crippen LogP contribution in [0.2, 0.25) is 0 Å².